The first-order chi connectivity index (χ1) is 13.2. The number of phenolic OH excluding ortho intramolecular Hbond substituents is 1. The predicted octanol–water partition coefficient (Wildman–Crippen LogP) is 3.24. The van der Waals surface area contributed by atoms with E-state index in [4.69, 9.17) is 4.74 Å². The number of hydrogen-bond donors (Lipinski definition) is 3. The van der Waals surface area contributed by atoms with Crippen molar-refractivity contribution in [2.75, 3.05) is 13.7 Å². The van der Waals surface area contributed by atoms with Crippen LogP contribution in [0.3, 0.4) is 0 Å². The molecule has 0 fully saturated rings. The lowest BCUT2D eigenvalue weighted by Crippen LogP contribution is -2.28. The molecule has 2 aromatic rings. The highest BCUT2D eigenvalue weighted by molar-refractivity contribution is 7.69. The summed E-state index contributed by atoms with van der Waals surface area (Å²) in [4.78, 5) is 12.0. The van der Waals surface area contributed by atoms with Crippen molar-refractivity contribution in [2.24, 2.45) is 4.36 Å². The van der Waals surface area contributed by atoms with E-state index in [-0.39, 0.29) is 35.9 Å². The first-order valence-corrected chi connectivity index (χ1v) is 9.87. The van der Waals surface area contributed by atoms with Crippen LogP contribution in [-0.4, -0.2) is 28.9 Å². The van der Waals surface area contributed by atoms with Gasteiger partial charge in [0.05, 0.1) is 7.11 Å². The van der Waals surface area contributed by atoms with Gasteiger partial charge in [-0.2, -0.15) is 4.36 Å². The van der Waals surface area contributed by atoms with Crippen molar-refractivity contribution in [3.8, 4) is 11.5 Å². The van der Waals surface area contributed by atoms with Gasteiger partial charge in [-0.25, -0.2) is 4.21 Å². The number of thiol groups is 1. The molecule has 0 bridgehead atoms. The third-order valence-electron chi connectivity index (χ3n) is 3.97. The summed E-state index contributed by atoms with van der Waals surface area (Å²) in [6.45, 7) is 6.50. The van der Waals surface area contributed by atoms with Gasteiger partial charge in [0.1, 0.15) is 17.2 Å². The minimum atomic E-state index is -2.21. The summed E-state index contributed by atoms with van der Waals surface area (Å²) >= 11 is 0. The molecule has 2 aromatic carbocycles. The van der Waals surface area contributed by atoms with E-state index in [1.807, 2.05) is 24.3 Å². The molecule has 7 nitrogen and oxygen atoms in total. The highest BCUT2D eigenvalue weighted by Crippen LogP contribution is 2.27. The Morgan fingerprint density at radius 2 is 1.86 bits per heavy atom. The minimum absolute atomic E-state index is 0.0590. The lowest BCUT2D eigenvalue weighted by Gasteiger charge is -2.19. The molecule has 1 unspecified atom stereocenters. The Morgan fingerprint density at radius 3 is 2.43 bits per heavy atom. The molecule has 0 aliphatic heterocycles. The minimum Gasteiger partial charge on any atom is -0.506 e. The summed E-state index contributed by atoms with van der Waals surface area (Å²) in [6, 6.07) is 12.3. The number of nitrogens with one attached hydrogen (secondary N) is 1. The number of nitrogens with zero attached hydrogens (tertiary/aromatic N) is 1. The normalized spacial score (nSPS) is 12.6. The summed E-state index contributed by atoms with van der Waals surface area (Å²) in [7, 11) is -0.938. The van der Waals surface area contributed by atoms with E-state index in [2.05, 4.69) is 34.6 Å². The summed E-state index contributed by atoms with van der Waals surface area (Å²) in [6.07, 6.45) is 0. The van der Waals surface area contributed by atoms with Gasteiger partial charge in [0.25, 0.3) is 5.91 Å². The van der Waals surface area contributed by atoms with Crippen LogP contribution in [0.25, 0.3) is 0 Å². The zero-order valence-corrected chi connectivity index (χ0v) is 17.3. The van der Waals surface area contributed by atoms with E-state index >= 15 is 0 Å². The van der Waals surface area contributed by atoms with E-state index in [9.17, 15) is 14.1 Å². The van der Waals surface area contributed by atoms with Crippen LogP contribution >= 0.6 is 0 Å². The first kappa shape index (κ1) is 21.7. The predicted molar refractivity (Wildman–Crippen MR) is 109 cm³/mol. The van der Waals surface area contributed by atoms with Crippen molar-refractivity contribution >= 4 is 22.5 Å². The van der Waals surface area contributed by atoms with Gasteiger partial charge in [-0.1, -0.05) is 39.0 Å². The second kappa shape index (κ2) is 9.57. The number of carbonyl (C=O) groups excluding carboxylic acids is 1. The zero-order chi connectivity index (χ0) is 20.7. The fraction of sp³-hybridized carbons (Fsp3) is 0.350. The third kappa shape index (κ3) is 6.54. The number of carbonyl (C=O) groups is 1. The molecule has 28 heavy (non-hydrogen) atoms. The Morgan fingerprint density at radius 1 is 1.18 bits per heavy atom. The fourth-order valence-corrected chi connectivity index (χ4v) is 2.77. The lowest BCUT2D eigenvalue weighted by molar-refractivity contribution is -0.123. The Labute approximate surface area is 167 Å². The summed E-state index contributed by atoms with van der Waals surface area (Å²) < 4.78 is 25.1. The number of benzene rings is 2. The van der Waals surface area contributed by atoms with Gasteiger partial charge in [-0.15, -0.1) is 0 Å². The average molecular weight is 407 g/mol. The van der Waals surface area contributed by atoms with E-state index in [0.29, 0.717) is 11.3 Å². The quantitative estimate of drug-likeness (QED) is 0.614. The van der Waals surface area contributed by atoms with Crippen LogP contribution < -0.4 is 10.1 Å². The smallest absolute Gasteiger partial charge is 0.258 e. The molecule has 2 rings (SSSR count). The Bertz CT molecular complexity index is 898. The van der Waals surface area contributed by atoms with Crippen LogP contribution in [0.5, 0.6) is 11.5 Å². The van der Waals surface area contributed by atoms with Crippen molar-refractivity contribution in [3.63, 3.8) is 0 Å². The topological polar surface area (TPSA) is 97.2 Å². The third-order valence-corrected chi connectivity index (χ3v) is 4.66. The highest BCUT2D eigenvalue weighted by Gasteiger charge is 2.13. The van der Waals surface area contributed by atoms with Gasteiger partial charge in [0.15, 0.2) is 17.5 Å². The van der Waals surface area contributed by atoms with E-state index in [0.717, 1.165) is 0 Å². The summed E-state index contributed by atoms with van der Waals surface area (Å²) in [5, 5.41) is 12.6. The molecule has 1 atom stereocenters. The largest absolute Gasteiger partial charge is 0.506 e. The van der Waals surface area contributed by atoms with Crippen LogP contribution in [0, 0.1) is 0 Å². The molecule has 0 aliphatic carbocycles. The van der Waals surface area contributed by atoms with Crippen molar-refractivity contribution in [3.05, 3.63) is 53.6 Å². The molecule has 1 amide bonds. The Balaban J connectivity index is 1.85. The van der Waals surface area contributed by atoms with E-state index in [1.165, 1.54) is 24.8 Å². The van der Waals surface area contributed by atoms with E-state index < -0.39 is 10.9 Å². The molecule has 0 heterocycles. The molecule has 0 saturated heterocycles. The van der Waals surface area contributed by atoms with Crippen molar-refractivity contribution in [2.45, 2.75) is 32.7 Å². The average Bonchev–Trinajstić information content (AvgIpc) is 2.66. The lowest BCUT2D eigenvalue weighted by atomic mass is 9.87. The summed E-state index contributed by atoms with van der Waals surface area (Å²) in [5.74, 6) is 0.206. The van der Waals surface area contributed by atoms with Gasteiger partial charge >= 0.3 is 0 Å². The number of rotatable bonds is 7. The Kier molecular flexibility index (Phi) is 7.42. The van der Waals surface area contributed by atoms with Crippen LogP contribution in [-0.2, 0) is 31.8 Å². The van der Waals surface area contributed by atoms with Crippen LogP contribution in [0.4, 0.5) is 5.69 Å². The second-order valence-electron chi connectivity index (χ2n) is 7.18. The maximum Gasteiger partial charge on any atom is 0.258 e. The van der Waals surface area contributed by atoms with Gasteiger partial charge in [-0.05, 0) is 40.8 Å². The molecule has 0 aromatic heterocycles. The Hall–Kier alpha value is -2.58. The molecular formula is C20H26N2O5S. The molecule has 2 N–H and O–H groups in total. The first-order valence-electron chi connectivity index (χ1n) is 8.74. The number of hydrogen-bond acceptors (Lipinski definition) is 6. The highest BCUT2D eigenvalue weighted by atomic mass is 32.2. The standard InChI is InChI=1S/C20H26N2O5S/c1-20(2,3)15-6-8-16(9-7-15)27-13-19(24)21-12-14-5-10-17(18(23)11-14)22-28(25)26-4/h5-11,23,28H,12-13H2,1-4H3,(H,21,24). The van der Waals surface area contributed by atoms with Gasteiger partial charge < -0.3 is 15.2 Å². The molecule has 8 heteroatoms. The molecule has 152 valence electrons. The van der Waals surface area contributed by atoms with E-state index in [1.54, 1.807) is 6.07 Å². The van der Waals surface area contributed by atoms with Crippen molar-refractivity contribution in [1.29, 1.82) is 0 Å². The number of ether oxygens (including phenoxy) is 1. The van der Waals surface area contributed by atoms with Crippen LogP contribution in [0.1, 0.15) is 31.9 Å². The maximum atomic E-state index is 12.0. The molecule has 0 spiro atoms. The monoisotopic (exact) mass is 406 g/mol. The van der Waals surface area contributed by atoms with Gasteiger partial charge in [0, 0.05) is 6.54 Å². The summed E-state index contributed by atoms with van der Waals surface area (Å²) in [5.41, 5.74) is 2.09. The van der Waals surface area contributed by atoms with Crippen LogP contribution in [0.15, 0.2) is 46.8 Å². The van der Waals surface area contributed by atoms with Gasteiger partial charge in [-0.3, -0.25) is 8.98 Å². The zero-order valence-electron chi connectivity index (χ0n) is 16.4. The maximum absolute atomic E-state index is 12.0. The molecule has 0 radical (unpaired) electrons. The number of amides is 1. The number of phenols is 1. The number of aromatic hydroxyl groups is 1. The molecule has 0 saturated carbocycles. The van der Waals surface area contributed by atoms with Gasteiger partial charge in [0.2, 0.25) is 0 Å². The van der Waals surface area contributed by atoms with Crippen molar-refractivity contribution < 1.29 is 23.0 Å². The van der Waals surface area contributed by atoms with Crippen molar-refractivity contribution in [1.82, 2.24) is 5.32 Å². The molecule has 0 aliphatic rings. The SMILES string of the molecule is CO[SH](=O)=Nc1ccc(CNC(=O)COc2ccc(C(C)(C)C)cc2)cc1O. The fourth-order valence-electron chi connectivity index (χ4n) is 2.34. The second-order valence-corrected chi connectivity index (χ2v) is 8.22. The molecular weight excluding hydrogens is 380 g/mol. The van der Waals surface area contributed by atoms with Crippen LogP contribution in [0.2, 0.25) is 0 Å².